The van der Waals surface area contributed by atoms with Gasteiger partial charge in [-0.25, -0.2) is 4.90 Å². The van der Waals surface area contributed by atoms with E-state index in [4.69, 9.17) is 0 Å². The zero-order chi connectivity index (χ0) is 11.7. The number of thiol groups is 1. The predicted molar refractivity (Wildman–Crippen MR) is 68.6 cm³/mol. The van der Waals surface area contributed by atoms with E-state index < -0.39 is 5.24 Å². The fourth-order valence-corrected chi connectivity index (χ4v) is 2.61. The van der Waals surface area contributed by atoms with E-state index in [9.17, 15) is 9.59 Å². The number of nitrogens with zero attached hydrogens (tertiary/aromatic N) is 1. The van der Waals surface area contributed by atoms with Crippen molar-refractivity contribution in [2.45, 2.75) is 4.90 Å². The highest BCUT2D eigenvalue weighted by molar-refractivity contribution is 8.00. The number of hydrogen-bond donors (Lipinski definition) is 2. The Morgan fingerprint density at radius 2 is 2.31 bits per heavy atom. The van der Waals surface area contributed by atoms with Gasteiger partial charge in [-0.2, -0.15) is 0 Å². The van der Waals surface area contributed by atoms with Gasteiger partial charge in [0, 0.05) is 17.6 Å². The van der Waals surface area contributed by atoms with Gasteiger partial charge in [-0.1, -0.05) is 12.6 Å². The third-order valence-corrected chi connectivity index (χ3v) is 3.53. The summed E-state index contributed by atoms with van der Waals surface area (Å²) in [5, 5.41) is 2.43. The van der Waals surface area contributed by atoms with Crippen LogP contribution in [0.15, 0.2) is 23.1 Å². The molecule has 1 N–H and O–H groups in total. The van der Waals surface area contributed by atoms with E-state index in [0.717, 1.165) is 15.5 Å². The minimum Gasteiger partial charge on any atom is -0.388 e. The molecule has 0 spiro atoms. The van der Waals surface area contributed by atoms with Crippen LogP contribution in [0.1, 0.15) is 0 Å². The minimum atomic E-state index is -0.542. The molecule has 2 rings (SSSR count). The lowest BCUT2D eigenvalue weighted by atomic mass is 10.2. The van der Waals surface area contributed by atoms with Crippen LogP contribution in [0.2, 0.25) is 0 Å². The van der Waals surface area contributed by atoms with E-state index >= 15 is 0 Å². The molecule has 0 radical (unpaired) electrons. The van der Waals surface area contributed by atoms with E-state index in [1.807, 2.05) is 12.1 Å². The van der Waals surface area contributed by atoms with Crippen molar-refractivity contribution in [1.82, 2.24) is 0 Å². The molecule has 16 heavy (non-hydrogen) atoms. The van der Waals surface area contributed by atoms with Gasteiger partial charge in [0.15, 0.2) is 0 Å². The second-order valence-corrected chi connectivity index (χ2v) is 4.63. The van der Waals surface area contributed by atoms with Crippen molar-refractivity contribution in [2.75, 3.05) is 23.0 Å². The van der Waals surface area contributed by atoms with Gasteiger partial charge >= 0.3 is 0 Å². The zero-order valence-corrected chi connectivity index (χ0v) is 10.3. The fourth-order valence-electron chi connectivity index (χ4n) is 1.52. The number of nitrogens with one attached hydrogen (secondary N) is 1. The summed E-state index contributed by atoms with van der Waals surface area (Å²) in [6, 6.07) is 5.57. The van der Waals surface area contributed by atoms with Crippen LogP contribution in [0.3, 0.4) is 0 Å². The molecule has 1 aromatic rings. The molecule has 0 unspecified atom stereocenters. The van der Waals surface area contributed by atoms with Crippen molar-refractivity contribution in [3.8, 4) is 0 Å². The van der Waals surface area contributed by atoms with Crippen molar-refractivity contribution >= 4 is 46.9 Å². The van der Waals surface area contributed by atoms with Crippen LogP contribution in [-0.4, -0.2) is 23.9 Å². The number of fused-ring (bicyclic) bond motifs is 1. The van der Waals surface area contributed by atoms with E-state index in [-0.39, 0.29) is 11.7 Å². The highest BCUT2D eigenvalue weighted by atomic mass is 32.2. The normalized spacial score (nSPS) is 14.6. The Morgan fingerprint density at radius 1 is 1.56 bits per heavy atom. The Bertz CT molecular complexity index is 462. The molecule has 0 saturated heterocycles. The van der Waals surface area contributed by atoms with Gasteiger partial charge in [-0.15, -0.1) is 11.8 Å². The minimum absolute atomic E-state index is 0.231. The first-order valence-electron chi connectivity index (χ1n) is 4.64. The summed E-state index contributed by atoms with van der Waals surface area (Å²) in [7, 11) is 1.78. The summed E-state index contributed by atoms with van der Waals surface area (Å²) >= 11 is 5.16. The first-order valence-corrected chi connectivity index (χ1v) is 6.07. The summed E-state index contributed by atoms with van der Waals surface area (Å²) in [5.74, 6) is 0.0452. The molecule has 0 aromatic heterocycles. The van der Waals surface area contributed by atoms with Crippen molar-refractivity contribution in [3.05, 3.63) is 18.2 Å². The Morgan fingerprint density at radius 3 is 2.94 bits per heavy atom. The number of carbonyl (C=O) groups excluding carboxylic acids is 2. The van der Waals surface area contributed by atoms with Gasteiger partial charge in [0.1, 0.15) is 0 Å². The SMILES string of the molecule is CNc1ccc2c(c1)N(C(=O)S)C(=O)CS2. The quantitative estimate of drug-likeness (QED) is 0.754. The molecule has 0 saturated carbocycles. The molecule has 6 heteroatoms. The van der Waals surface area contributed by atoms with E-state index in [2.05, 4.69) is 17.9 Å². The van der Waals surface area contributed by atoms with Crippen LogP contribution < -0.4 is 10.2 Å². The van der Waals surface area contributed by atoms with E-state index in [1.165, 1.54) is 11.8 Å². The molecule has 4 nitrogen and oxygen atoms in total. The molecule has 84 valence electrons. The summed E-state index contributed by atoms with van der Waals surface area (Å²) in [6.45, 7) is 0. The molecule has 0 fully saturated rings. The number of thioether (sulfide) groups is 1. The number of imide groups is 1. The smallest absolute Gasteiger partial charge is 0.289 e. The van der Waals surface area contributed by atoms with Gasteiger partial charge in [-0.3, -0.25) is 9.59 Å². The van der Waals surface area contributed by atoms with Crippen LogP contribution in [0, 0.1) is 0 Å². The maximum absolute atomic E-state index is 11.6. The first kappa shape index (κ1) is 11.3. The van der Waals surface area contributed by atoms with Crippen LogP contribution in [0.25, 0.3) is 0 Å². The standard InChI is InChI=1S/C10H10N2O2S2/c1-11-6-2-3-8-7(4-6)12(10(14)15)9(13)5-16-8/h2-4,11H,5H2,1H3,(H,14,15). The summed E-state index contributed by atoms with van der Waals surface area (Å²) in [6.07, 6.45) is 0. The molecule has 1 aliphatic rings. The molecule has 1 heterocycles. The third-order valence-electron chi connectivity index (χ3n) is 2.28. The second kappa shape index (κ2) is 4.39. The molecular formula is C10H10N2O2S2. The van der Waals surface area contributed by atoms with Crippen LogP contribution in [0.4, 0.5) is 16.2 Å². The highest BCUT2D eigenvalue weighted by Crippen LogP contribution is 2.37. The molecule has 0 atom stereocenters. The molecule has 0 bridgehead atoms. The zero-order valence-electron chi connectivity index (χ0n) is 8.56. The number of anilines is 2. The molecule has 2 amide bonds. The van der Waals surface area contributed by atoms with Crippen molar-refractivity contribution < 1.29 is 9.59 Å². The summed E-state index contributed by atoms with van der Waals surface area (Å²) < 4.78 is 0. The Kier molecular flexibility index (Phi) is 3.11. The highest BCUT2D eigenvalue weighted by Gasteiger charge is 2.28. The van der Waals surface area contributed by atoms with Gasteiger partial charge in [0.25, 0.3) is 5.24 Å². The Balaban J connectivity index is 2.52. The summed E-state index contributed by atoms with van der Waals surface area (Å²) in [4.78, 5) is 24.9. The Labute approximate surface area is 103 Å². The maximum atomic E-state index is 11.6. The predicted octanol–water partition coefficient (Wildman–Crippen LogP) is 2.22. The number of hydrogen-bond acceptors (Lipinski definition) is 4. The van der Waals surface area contributed by atoms with Gasteiger partial charge in [-0.05, 0) is 18.2 Å². The molecular weight excluding hydrogens is 244 g/mol. The van der Waals surface area contributed by atoms with Gasteiger partial charge < -0.3 is 5.32 Å². The second-order valence-electron chi connectivity index (χ2n) is 3.23. The number of amides is 2. The average molecular weight is 254 g/mol. The largest absolute Gasteiger partial charge is 0.388 e. The van der Waals surface area contributed by atoms with E-state index in [1.54, 1.807) is 13.1 Å². The number of carbonyl (C=O) groups is 2. The average Bonchev–Trinajstić information content (AvgIpc) is 2.27. The van der Waals surface area contributed by atoms with Crippen LogP contribution in [0.5, 0.6) is 0 Å². The number of rotatable bonds is 1. The van der Waals surface area contributed by atoms with Gasteiger partial charge in [0.05, 0.1) is 11.4 Å². The lowest BCUT2D eigenvalue weighted by Gasteiger charge is -2.26. The fraction of sp³-hybridized carbons (Fsp3) is 0.200. The first-order chi connectivity index (χ1) is 7.63. The molecule has 1 aromatic carbocycles. The number of benzene rings is 1. The topological polar surface area (TPSA) is 49.4 Å². The lowest BCUT2D eigenvalue weighted by Crippen LogP contribution is -2.37. The van der Waals surface area contributed by atoms with Crippen molar-refractivity contribution in [2.24, 2.45) is 0 Å². The molecule has 1 aliphatic heterocycles. The summed E-state index contributed by atoms with van der Waals surface area (Å²) in [5.41, 5.74) is 1.46. The monoisotopic (exact) mass is 254 g/mol. The van der Waals surface area contributed by atoms with Crippen molar-refractivity contribution in [1.29, 1.82) is 0 Å². The lowest BCUT2D eigenvalue weighted by molar-refractivity contribution is -0.115. The van der Waals surface area contributed by atoms with E-state index in [0.29, 0.717) is 5.69 Å². The van der Waals surface area contributed by atoms with Crippen molar-refractivity contribution in [3.63, 3.8) is 0 Å². The van der Waals surface area contributed by atoms with Crippen LogP contribution in [-0.2, 0) is 4.79 Å². The third kappa shape index (κ3) is 1.90. The van der Waals surface area contributed by atoms with Gasteiger partial charge in [0.2, 0.25) is 5.91 Å². The maximum Gasteiger partial charge on any atom is 0.289 e. The Hall–Kier alpha value is -1.14. The molecule has 0 aliphatic carbocycles. The van der Waals surface area contributed by atoms with Crippen LogP contribution >= 0.6 is 24.4 Å².